The zero-order valence-corrected chi connectivity index (χ0v) is 8.24. The molecular weight excluding hydrogens is 176 g/mol. The third-order valence-corrected chi connectivity index (χ3v) is 1.18. The smallest absolute Gasteiger partial charge is 0.373 e. The summed E-state index contributed by atoms with van der Waals surface area (Å²) in [6.07, 6.45) is -1.09. The molecule has 0 spiro atoms. The summed E-state index contributed by atoms with van der Waals surface area (Å²) >= 11 is 0. The third-order valence-electron chi connectivity index (χ3n) is 1.18. The van der Waals surface area contributed by atoms with Crippen LogP contribution in [0.25, 0.3) is 0 Å². The van der Waals surface area contributed by atoms with E-state index in [0.717, 1.165) is 0 Å². The van der Waals surface area contributed by atoms with E-state index in [-0.39, 0.29) is 0 Å². The van der Waals surface area contributed by atoms with E-state index in [9.17, 15) is 15.0 Å². The highest BCUT2D eigenvalue weighted by Gasteiger charge is 2.38. The predicted octanol–water partition coefficient (Wildman–Crippen LogP) is -0.244. The fourth-order valence-electron chi connectivity index (χ4n) is 0.983. The number of rotatable bonds is 3. The maximum absolute atomic E-state index is 10.4. The van der Waals surface area contributed by atoms with Crippen LogP contribution >= 0.6 is 0 Å². The molecule has 6 nitrogen and oxygen atoms in total. The van der Waals surface area contributed by atoms with Crippen molar-refractivity contribution in [3.8, 4) is 0 Å². The summed E-state index contributed by atoms with van der Waals surface area (Å²) in [4.78, 5) is 14.9. The Morgan fingerprint density at radius 2 is 1.54 bits per heavy atom. The number of nitrogens with two attached hydrogens (primary N) is 1. The van der Waals surface area contributed by atoms with E-state index in [2.05, 4.69) is 4.84 Å². The summed E-state index contributed by atoms with van der Waals surface area (Å²) in [6.45, 7) is 5.42. The molecule has 0 bridgehead atoms. The molecule has 0 aromatic rings. The molecular formula is C7H16N2O4. The number of aliphatic hydroxyl groups is 2. The standard InChI is InChI=1S/C7H16N2O4/c1-6(2,11)9(7(3,4)12)13-5(8)10/h11-12H,1-4H3,(H2,8,10). The Morgan fingerprint density at radius 1 is 1.23 bits per heavy atom. The van der Waals surface area contributed by atoms with Crippen LogP contribution in [0.15, 0.2) is 0 Å². The minimum Gasteiger partial charge on any atom is -0.373 e. The van der Waals surface area contributed by atoms with Crippen molar-refractivity contribution in [1.29, 1.82) is 0 Å². The number of hydrogen-bond acceptors (Lipinski definition) is 5. The predicted molar refractivity (Wildman–Crippen MR) is 45.1 cm³/mol. The van der Waals surface area contributed by atoms with Crippen molar-refractivity contribution in [3.63, 3.8) is 0 Å². The summed E-state index contributed by atoms with van der Waals surface area (Å²) in [7, 11) is 0. The molecule has 0 aliphatic rings. The highest BCUT2D eigenvalue weighted by Crippen LogP contribution is 2.21. The van der Waals surface area contributed by atoms with Gasteiger partial charge in [-0.05, 0) is 27.7 Å². The Kier molecular flexibility index (Phi) is 3.26. The fraction of sp³-hybridized carbons (Fsp3) is 0.857. The summed E-state index contributed by atoms with van der Waals surface area (Å²) in [5.41, 5.74) is 1.75. The van der Waals surface area contributed by atoms with E-state index in [1.54, 1.807) is 0 Å². The zero-order chi connectivity index (χ0) is 10.9. The molecule has 0 aliphatic carbocycles. The van der Waals surface area contributed by atoms with E-state index in [4.69, 9.17) is 5.73 Å². The Labute approximate surface area is 76.8 Å². The fourth-order valence-corrected chi connectivity index (χ4v) is 0.983. The second-order valence-corrected chi connectivity index (χ2v) is 3.69. The lowest BCUT2D eigenvalue weighted by Crippen LogP contribution is -2.56. The van der Waals surface area contributed by atoms with Gasteiger partial charge in [0.2, 0.25) is 0 Å². The van der Waals surface area contributed by atoms with Gasteiger partial charge in [0.25, 0.3) is 0 Å². The van der Waals surface area contributed by atoms with Crippen LogP contribution in [0.3, 0.4) is 0 Å². The number of carbonyl (C=O) groups excluding carboxylic acids is 1. The van der Waals surface area contributed by atoms with Crippen molar-refractivity contribution in [2.45, 2.75) is 39.1 Å². The van der Waals surface area contributed by atoms with Crippen LogP contribution in [-0.2, 0) is 4.84 Å². The van der Waals surface area contributed by atoms with Gasteiger partial charge in [-0.1, -0.05) is 5.06 Å². The van der Waals surface area contributed by atoms with Gasteiger partial charge in [-0.15, -0.1) is 0 Å². The molecule has 0 saturated heterocycles. The first-order valence-corrected chi connectivity index (χ1v) is 3.77. The number of carbonyl (C=O) groups is 1. The van der Waals surface area contributed by atoms with Gasteiger partial charge < -0.3 is 20.8 Å². The van der Waals surface area contributed by atoms with E-state index in [0.29, 0.717) is 5.06 Å². The number of hydroxylamine groups is 2. The Hall–Kier alpha value is -0.850. The van der Waals surface area contributed by atoms with Gasteiger partial charge >= 0.3 is 6.09 Å². The molecule has 0 saturated carbocycles. The van der Waals surface area contributed by atoms with Crippen molar-refractivity contribution in [2.75, 3.05) is 0 Å². The van der Waals surface area contributed by atoms with Crippen LogP contribution < -0.4 is 5.73 Å². The van der Waals surface area contributed by atoms with E-state index >= 15 is 0 Å². The van der Waals surface area contributed by atoms with Gasteiger partial charge in [-0.25, -0.2) is 4.79 Å². The lowest BCUT2D eigenvalue weighted by molar-refractivity contribution is -0.335. The largest absolute Gasteiger partial charge is 0.423 e. The molecule has 0 aromatic carbocycles. The second kappa shape index (κ2) is 3.49. The summed E-state index contributed by atoms with van der Waals surface area (Å²) < 4.78 is 0. The van der Waals surface area contributed by atoms with Crippen LogP contribution in [0, 0.1) is 0 Å². The molecule has 0 fully saturated rings. The van der Waals surface area contributed by atoms with Gasteiger partial charge in [-0.2, -0.15) is 0 Å². The van der Waals surface area contributed by atoms with Crippen LogP contribution in [0.2, 0.25) is 0 Å². The van der Waals surface area contributed by atoms with E-state index in [1.807, 2.05) is 0 Å². The Balaban J connectivity index is 4.68. The molecule has 6 heteroatoms. The topological polar surface area (TPSA) is 96.0 Å². The maximum Gasteiger partial charge on any atom is 0.423 e. The number of amides is 1. The number of primary amides is 1. The average molecular weight is 192 g/mol. The highest BCUT2D eigenvalue weighted by atomic mass is 16.8. The van der Waals surface area contributed by atoms with Crippen molar-refractivity contribution in [3.05, 3.63) is 0 Å². The van der Waals surface area contributed by atoms with Gasteiger partial charge in [0.05, 0.1) is 0 Å². The quantitative estimate of drug-likeness (QED) is 0.423. The second-order valence-electron chi connectivity index (χ2n) is 3.69. The minimum atomic E-state index is -1.51. The molecule has 4 N–H and O–H groups in total. The third kappa shape index (κ3) is 4.07. The Morgan fingerprint density at radius 3 is 1.62 bits per heavy atom. The molecule has 0 aliphatic heterocycles. The van der Waals surface area contributed by atoms with E-state index in [1.165, 1.54) is 27.7 Å². The zero-order valence-electron chi connectivity index (χ0n) is 8.24. The molecule has 0 radical (unpaired) electrons. The average Bonchev–Trinajstić information content (AvgIpc) is 1.77. The van der Waals surface area contributed by atoms with Crippen molar-refractivity contribution in [1.82, 2.24) is 5.06 Å². The first kappa shape index (κ1) is 12.2. The molecule has 13 heavy (non-hydrogen) atoms. The number of nitrogens with zero attached hydrogens (tertiary/aromatic N) is 1. The first-order valence-electron chi connectivity index (χ1n) is 3.77. The molecule has 0 unspecified atom stereocenters. The molecule has 0 rings (SSSR count). The minimum absolute atomic E-state index is 0.711. The first-order chi connectivity index (χ1) is 5.55. The van der Waals surface area contributed by atoms with Gasteiger partial charge in [0.15, 0.2) is 0 Å². The SMILES string of the molecule is CC(C)(O)N(OC(N)=O)C(C)(C)O. The lowest BCUT2D eigenvalue weighted by atomic mass is 10.2. The number of hydrogen-bond donors (Lipinski definition) is 3. The summed E-state index contributed by atoms with van der Waals surface area (Å²) in [6, 6.07) is 0. The van der Waals surface area contributed by atoms with Crippen LogP contribution in [-0.4, -0.2) is 32.8 Å². The molecule has 0 atom stereocenters. The van der Waals surface area contributed by atoms with Crippen LogP contribution in [0.5, 0.6) is 0 Å². The van der Waals surface area contributed by atoms with Crippen molar-refractivity contribution in [2.24, 2.45) is 5.73 Å². The Bertz CT molecular complexity index is 178. The van der Waals surface area contributed by atoms with Crippen LogP contribution in [0.4, 0.5) is 4.79 Å². The van der Waals surface area contributed by atoms with Gasteiger partial charge in [-0.3, -0.25) is 0 Å². The molecule has 1 amide bonds. The highest BCUT2D eigenvalue weighted by molar-refractivity contribution is 5.64. The molecule has 0 heterocycles. The monoisotopic (exact) mass is 192 g/mol. The normalized spacial score (nSPS) is 13.2. The maximum atomic E-state index is 10.4. The van der Waals surface area contributed by atoms with Crippen LogP contribution in [0.1, 0.15) is 27.7 Å². The van der Waals surface area contributed by atoms with Gasteiger partial charge in [0, 0.05) is 0 Å². The van der Waals surface area contributed by atoms with Crippen molar-refractivity contribution < 1.29 is 19.8 Å². The van der Waals surface area contributed by atoms with E-state index < -0.39 is 17.5 Å². The molecule has 0 aromatic heterocycles. The van der Waals surface area contributed by atoms with Gasteiger partial charge in [0.1, 0.15) is 11.4 Å². The summed E-state index contributed by atoms with van der Waals surface area (Å²) in [5, 5.41) is 19.7. The summed E-state index contributed by atoms with van der Waals surface area (Å²) in [5.74, 6) is 0. The van der Waals surface area contributed by atoms with Crippen molar-refractivity contribution >= 4 is 6.09 Å². The lowest BCUT2D eigenvalue weighted by Gasteiger charge is -2.39. The molecule has 78 valence electrons.